The van der Waals surface area contributed by atoms with Gasteiger partial charge in [-0.15, -0.1) is 0 Å². The van der Waals surface area contributed by atoms with E-state index in [0.717, 1.165) is 0 Å². The lowest BCUT2D eigenvalue weighted by Gasteiger charge is -2.10. The fraction of sp³-hybridized carbons (Fsp3) is 0. The van der Waals surface area contributed by atoms with Gasteiger partial charge in [0.15, 0.2) is 0 Å². The van der Waals surface area contributed by atoms with Crippen LogP contribution in [0.3, 0.4) is 0 Å². The second-order valence-electron chi connectivity index (χ2n) is 3.84. The van der Waals surface area contributed by atoms with Crippen LogP contribution in [0.25, 0.3) is 0 Å². The van der Waals surface area contributed by atoms with Crippen molar-refractivity contribution in [1.29, 1.82) is 0 Å². The third-order valence-electron chi connectivity index (χ3n) is 2.49. The lowest BCUT2D eigenvalue weighted by atomic mass is 10.2. The van der Waals surface area contributed by atoms with Gasteiger partial charge < -0.3 is 10.4 Å². The molecule has 0 heterocycles. The second kappa shape index (κ2) is 6.35. The summed E-state index contributed by atoms with van der Waals surface area (Å²) in [6, 6.07) is 7.89. The zero-order valence-corrected chi connectivity index (χ0v) is 14.4. The number of amides is 1. The van der Waals surface area contributed by atoms with Gasteiger partial charge in [-0.2, -0.15) is 0 Å². The number of phenols is 1. The summed E-state index contributed by atoms with van der Waals surface area (Å²) in [6.45, 7) is 0. The van der Waals surface area contributed by atoms with Crippen LogP contribution in [0.1, 0.15) is 10.4 Å². The molecule has 7 heteroatoms. The number of carbonyl (C=O) groups is 1. The molecule has 0 atom stereocenters. The van der Waals surface area contributed by atoms with Crippen LogP contribution < -0.4 is 5.32 Å². The molecule has 0 aliphatic carbocycles. The standard InChI is InChI=1S/C13H7Br2Cl2NO2/c14-6-1-2-7(10(19)5-6)13(20)18-9-4-3-8(15)11(16)12(9)17/h1-5,19H,(H,18,20). The van der Waals surface area contributed by atoms with E-state index in [1.54, 1.807) is 18.2 Å². The summed E-state index contributed by atoms with van der Waals surface area (Å²) in [5, 5.41) is 12.9. The van der Waals surface area contributed by atoms with Crippen LogP contribution in [-0.2, 0) is 0 Å². The van der Waals surface area contributed by atoms with Crippen LogP contribution in [0.4, 0.5) is 5.69 Å². The number of nitrogens with one attached hydrogen (secondary N) is 1. The SMILES string of the molecule is O=C(Nc1ccc(Br)c(Cl)c1Cl)c1ccc(Br)cc1O. The van der Waals surface area contributed by atoms with E-state index in [-0.39, 0.29) is 16.3 Å². The van der Waals surface area contributed by atoms with Gasteiger partial charge in [-0.25, -0.2) is 0 Å². The molecule has 2 N–H and O–H groups in total. The maximum absolute atomic E-state index is 12.1. The van der Waals surface area contributed by atoms with Gasteiger partial charge >= 0.3 is 0 Å². The summed E-state index contributed by atoms with van der Waals surface area (Å²) in [5.74, 6) is -0.605. The molecule has 0 bridgehead atoms. The molecule has 0 saturated heterocycles. The van der Waals surface area contributed by atoms with Crippen molar-refractivity contribution in [2.75, 3.05) is 5.32 Å². The Labute approximate surface area is 142 Å². The molecule has 0 spiro atoms. The number of aromatic hydroxyl groups is 1. The van der Waals surface area contributed by atoms with Gasteiger partial charge in [0.05, 0.1) is 21.3 Å². The molecule has 0 unspecified atom stereocenters. The Balaban J connectivity index is 2.30. The van der Waals surface area contributed by atoms with Gasteiger partial charge in [-0.05, 0) is 46.3 Å². The minimum atomic E-state index is -0.477. The lowest BCUT2D eigenvalue weighted by Crippen LogP contribution is -2.12. The first kappa shape index (κ1) is 15.6. The fourth-order valence-electron chi connectivity index (χ4n) is 1.51. The Kier molecular flexibility index (Phi) is 4.96. The predicted octanol–water partition coefficient (Wildman–Crippen LogP) is 5.48. The van der Waals surface area contributed by atoms with Crippen molar-refractivity contribution in [3.05, 3.63) is 54.9 Å². The number of hydrogen-bond donors (Lipinski definition) is 2. The zero-order chi connectivity index (χ0) is 14.9. The summed E-state index contributed by atoms with van der Waals surface area (Å²) in [6.07, 6.45) is 0. The zero-order valence-electron chi connectivity index (χ0n) is 9.75. The molecule has 2 rings (SSSR count). The van der Waals surface area contributed by atoms with Gasteiger partial charge in [-0.1, -0.05) is 39.1 Å². The smallest absolute Gasteiger partial charge is 0.259 e. The van der Waals surface area contributed by atoms with Crippen LogP contribution in [-0.4, -0.2) is 11.0 Å². The lowest BCUT2D eigenvalue weighted by molar-refractivity contribution is 0.102. The third-order valence-corrected chi connectivity index (χ3v) is 4.75. The molecule has 1 amide bonds. The monoisotopic (exact) mass is 437 g/mol. The molecule has 0 aliphatic heterocycles. The number of hydrogen-bond acceptors (Lipinski definition) is 2. The average molecular weight is 440 g/mol. The summed E-state index contributed by atoms with van der Waals surface area (Å²) in [7, 11) is 0. The van der Waals surface area contributed by atoms with E-state index in [1.807, 2.05) is 0 Å². The van der Waals surface area contributed by atoms with Crippen molar-refractivity contribution < 1.29 is 9.90 Å². The van der Waals surface area contributed by atoms with Crippen molar-refractivity contribution in [2.24, 2.45) is 0 Å². The number of phenolic OH excluding ortho intramolecular Hbond substituents is 1. The fourth-order valence-corrected chi connectivity index (χ4v) is 2.68. The molecule has 2 aromatic carbocycles. The number of benzene rings is 2. The normalized spacial score (nSPS) is 10.4. The summed E-state index contributed by atoms with van der Waals surface area (Å²) >= 11 is 18.5. The van der Waals surface area contributed by atoms with Crippen molar-refractivity contribution in [1.82, 2.24) is 0 Å². The molecule has 3 nitrogen and oxygen atoms in total. The Morgan fingerprint density at radius 2 is 1.80 bits per heavy atom. The maximum atomic E-state index is 12.1. The second-order valence-corrected chi connectivity index (χ2v) is 6.36. The van der Waals surface area contributed by atoms with Gasteiger partial charge in [-0.3, -0.25) is 4.79 Å². The third kappa shape index (κ3) is 3.28. The summed E-state index contributed by atoms with van der Waals surface area (Å²) in [4.78, 5) is 12.1. The predicted molar refractivity (Wildman–Crippen MR) is 87.9 cm³/mol. The molecule has 20 heavy (non-hydrogen) atoms. The number of carbonyl (C=O) groups excluding carboxylic acids is 1. The first-order chi connectivity index (χ1) is 9.40. The van der Waals surface area contributed by atoms with Crippen LogP contribution in [0.5, 0.6) is 5.75 Å². The van der Waals surface area contributed by atoms with Crippen molar-refractivity contribution in [3.8, 4) is 5.75 Å². The average Bonchev–Trinajstić information content (AvgIpc) is 2.39. The van der Waals surface area contributed by atoms with E-state index in [0.29, 0.717) is 19.7 Å². The van der Waals surface area contributed by atoms with E-state index in [1.165, 1.54) is 12.1 Å². The van der Waals surface area contributed by atoms with E-state index >= 15 is 0 Å². The summed E-state index contributed by atoms with van der Waals surface area (Å²) < 4.78 is 1.31. The highest BCUT2D eigenvalue weighted by atomic mass is 79.9. The molecule has 104 valence electrons. The highest BCUT2D eigenvalue weighted by Gasteiger charge is 2.15. The van der Waals surface area contributed by atoms with E-state index in [9.17, 15) is 9.90 Å². The van der Waals surface area contributed by atoms with Crippen LogP contribution in [0.2, 0.25) is 10.0 Å². The van der Waals surface area contributed by atoms with Crippen LogP contribution >= 0.6 is 55.1 Å². The van der Waals surface area contributed by atoms with Gasteiger partial charge in [0.2, 0.25) is 0 Å². The van der Waals surface area contributed by atoms with Crippen LogP contribution in [0, 0.1) is 0 Å². The van der Waals surface area contributed by atoms with Gasteiger partial charge in [0, 0.05) is 8.95 Å². The van der Waals surface area contributed by atoms with Gasteiger partial charge in [0.1, 0.15) is 5.75 Å². The molecular formula is C13H7Br2Cl2NO2. The number of rotatable bonds is 2. The minimum absolute atomic E-state index is 0.129. The topological polar surface area (TPSA) is 49.3 Å². The highest BCUT2D eigenvalue weighted by Crippen LogP contribution is 2.36. The first-order valence-corrected chi connectivity index (χ1v) is 7.67. The number of anilines is 1. The van der Waals surface area contributed by atoms with E-state index in [2.05, 4.69) is 37.2 Å². The Bertz CT molecular complexity index is 692. The van der Waals surface area contributed by atoms with E-state index < -0.39 is 5.91 Å². The van der Waals surface area contributed by atoms with Crippen molar-refractivity contribution >= 4 is 66.7 Å². The maximum Gasteiger partial charge on any atom is 0.259 e. The first-order valence-electron chi connectivity index (χ1n) is 5.33. The molecular weight excluding hydrogens is 433 g/mol. The molecule has 0 radical (unpaired) electrons. The number of halogens is 4. The van der Waals surface area contributed by atoms with Gasteiger partial charge in [0.25, 0.3) is 5.91 Å². The molecule has 2 aromatic rings. The Hall–Kier alpha value is -0.750. The van der Waals surface area contributed by atoms with E-state index in [4.69, 9.17) is 23.2 Å². The molecule has 0 fully saturated rings. The minimum Gasteiger partial charge on any atom is -0.507 e. The van der Waals surface area contributed by atoms with Crippen LogP contribution in [0.15, 0.2) is 39.3 Å². The largest absolute Gasteiger partial charge is 0.507 e. The quantitative estimate of drug-likeness (QED) is 0.609. The Morgan fingerprint density at radius 1 is 1.10 bits per heavy atom. The molecule has 0 aliphatic rings. The highest BCUT2D eigenvalue weighted by molar-refractivity contribution is 9.10. The van der Waals surface area contributed by atoms with Crippen molar-refractivity contribution in [2.45, 2.75) is 0 Å². The molecule has 0 aromatic heterocycles. The molecule has 0 saturated carbocycles. The van der Waals surface area contributed by atoms with Crippen molar-refractivity contribution in [3.63, 3.8) is 0 Å². The summed E-state index contributed by atoms with van der Waals surface area (Å²) in [5.41, 5.74) is 0.510. The Morgan fingerprint density at radius 3 is 2.45 bits per heavy atom.